The number of nitrogens with zero attached hydrogens (tertiary/aromatic N) is 3. The second-order valence-electron chi connectivity index (χ2n) is 9.71. The van der Waals surface area contributed by atoms with E-state index in [4.69, 9.17) is 25.8 Å². The van der Waals surface area contributed by atoms with Crippen LogP contribution in [0.4, 0.5) is 5.69 Å². The first-order valence-electron chi connectivity index (χ1n) is 13.8. The predicted octanol–water partition coefficient (Wildman–Crippen LogP) is 5.34. The number of carbonyl (C=O) groups is 1. The average Bonchev–Trinajstić information content (AvgIpc) is 3.30. The Morgan fingerprint density at radius 3 is 2.43 bits per heavy atom. The van der Waals surface area contributed by atoms with Gasteiger partial charge in [0.2, 0.25) is 0 Å². The van der Waals surface area contributed by atoms with Crippen LogP contribution in [0.2, 0.25) is 5.02 Å². The van der Waals surface area contributed by atoms with Crippen molar-refractivity contribution in [2.24, 2.45) is 4.99 Å². The van der Waals surface area contributed by atoms with Gasteiger partial charge in [-0.1, -0.05) is 41.1 Å². The monoisotopic (exact) mass is 633 g/mol. The number of halogens is 1. The van der Waals surface area contributed by atoms with Gasteiger partial charge in [-0.2, -0.15) is 0 Å². The van der Waals surface area contributed by atoms with Gasteiger partial charge in [-0.25, -0.2) is 9.79 Å². The SMILES string of the molecule is CCOC(=O)C1=C(C)N=c2sc(=Cc3ccc(OCc4ccc([N+](=O)[O-])cc4)c(OCC)c3)c(=O)n2C1c1ccc(Cl)cc1. The van der Waals surface area contributed by atoms with E-state index >= 15 is 0 Å². The number of rotatable bonds is 10. The van der Waals surface area contributed by atoms with Gasteiger partial charge < -0.3 is 14.2 Å². The first kappa shape index (κ1) is 30.7. The molecule has 0 radical (unpaired) electrons. The third-order valence-electron chi connectivity index (χ3n) is 6.81. The first-order chi connectivity index (χ1) is 21.2. The molecule has 1 unspecified atom stereocenters. The second-order valence-corrected chi connectivity index (χ2v) is 11.2. The van der Waals surface area contributed by atoms with E-state index in [0.29, 0.717) is 54.9 Å². The molecule has 0 spiro atoms. The Morgan fingerprint density at radius 2 is 1.77 bits per heavy atom. The fraction of sp³-hybridized carbons (Fsp3) is 0.219. The normalized spacial score (nSPS) is 14.5. The number of hydrogen-bond donors (Lipinski definition) is 0. The summed E-state index contributed by atoms with van der Waals surface area (Å²) in [4.78, 5) is 42.5. The molecule has 5 rings (SSSR count). The van der Waals surface area contributed by atoms with E-state index in [2.05, 4.69) is 4.99 Å². The highest BCUT2D eigenvalue weighted by molar-refractivity contribution is 7.07. The topological polar surface area (TPSA) is 122 Å². The van der Waals surface area contributed by atoms with Gasteiger partial charge in [0, 0.05) is 17.2 Å². The fourth-order valence-electron chi connectivity index (χ4n) is 4.78. The highest BCUT2D eigenvalue weighted by Gasteiger charge is 2.33. The summed E-state index contributed by atoms with van der Waals surface area (Å²) in [6.45, 7) is 6.06. The Kier molecular flexibility index (Phi) is 9.26. The van der Waals surface area contributed by atoms with Crippen LogP contribution in [0, 0.1) is 10.1 Å². The number of ether oxygens (including phenoxy) is 3. The molecule has 1 aromatic heterocycles. The molecule has 1 aliphatic heterocycles. The summed E-state index contributed by atoms with van der Waals surface area (Å²) in [6, 6.07) is 17.7. The third-order valence-corrected chi connectivity index (χ3v) is 8.04. The van der Waals surface area contributed by atoms with Crippen LogP contribution in [0.25, 0.3) is 6.08 Å². The van der Waals surface area contributed by atoms with Gasteiger partial charge in [0.05, 0.1) is 40.0 Å². The van der Waals surface area contributed by atoms with E-state index in [-0.39, 0.29) is 24.5 Å². The van der Waals surface area contributed by atoms with E-state index in [1.54, 1.807) is 74.5 Å². The molecule has 0 bridgehead atoms. The minimum absolute atomic E-state index is 0.00477. The molecule has 0 N–H and O–H groups in total. The number of esters is 1. The Bertz CT molecular complexity index is 1930. The van der Waals surface area contributed by atoms with Gasteiger partial charge in [0.25, 0.3) is 11.2 Å². The lowest BCUT2D eigenvalue weighted by Crippen LogP contribution is -2.39. The number of hydrogen-bond acceptors (Lipinski definition) is 9. The Balaban J connectivity index is 1.51. The maximum Gasteiger partial charge on any atom is 0.338 e. The lowest BCUT2D eigenvalue weighted by Gasteiger charge is -2.24. The molecule has 44 heavy (non-hydrogen) atoms. The molecular formula is C32H28ClN3O7S. The van der Waals surface area contributed by atoms with E-state index in [1.165, 1.54) is 28.0 Å². The zero-order chi connectivity index (χ0) is 31.4. The van der Waals surface area contributed by atoms with Crippen molar-refractivity contribution in [3.05, 3.63) is 130 Å². The molecule has 0 saturated carbocycles. The Labute approximate surface area is 261 Å². The first-order valence-corrected chi connectivity index (χ1v) is 15.0. The van der Waals surface area contributed by atoms with Gasteiger partial charge in [-0.05, 0) is 79.9 Å². The summed E-state index contributed by atoms with van der Waals surface area (Å²) < 4.78 is 19.1. The van der Waals surface area contributed by atoms with Gasteiger partial charge in [0.1, 0.15) is 6.61 Å². The number of allylic oxidation sites excluding steroid dienone is 1. The lowest BCUT2D eigenvalue weighted by molar-refractivity contribution is -0.384. The summed E-state index contributed by atoms with van der Waals surface area (Å²) in [5.74, 6) is 0.435. The van der Waals surface area contributed by atoms with Crippen molar-refractivity contribution < 1.29 is 23.9 Å². The van der Waals surface area contributed by atoms with E-state index in [1.807, 2.05) is 6.92 Å². The summed E-state index contributed by atoms with van der Waals surface area (Å²) >= 11 is 7.35. The molecule has 0 aliphatic carbocycles. The van der Waals surface area contributed by atoms with Crippen molar-refractivity contribution in [3.63, 3.8) is 0 Å². The number of non-ortho nitro benzene ring substituents is 1. The fourth-order valence-corrected chi connectivity index (χ4v) is 5.95. The van der Waals surface area contributed by atoms with Gasteiger partial charge in [-0.15, -0.1) is 0 Å². The summed E-state index contributed by atoms with van der Waals surface area (Å²) in [7, 11) is 0. The standard InChI is InChI=1S/C32H28ClN3O7S/c1-4-41-26-16-21(8-15-25(26)43-18-20-6-13-24(14-7-20)36(39)40)17-27-30(37)35-29(22-9-11-23(33)12-10-22)28(31(38)42-5-2)19(3)34-32(35)44-27/h6-17,29H,4-5,18H2,1-3H3. The second kappa shape index (κ2) is 13.3. The molecule has 226 valence electrons. The van der Waals surface area contributed by atoms with Crippen LogP contribution in [0.5, 0.6) is 11.5 Å². The number of aromatic nitrogens is 1. The molecule has 0 amide bonds. The zero-order valence-corrected chi connectivity index (χ0v) is 25.7. The summed E-state index contributed by atoms with van der Waals surface area (Å²) in [5, 5.41) is 11.5. The van der Waals surface area contributed by atoms with E-state index < -0.39 is 16.9 Å². The Hall–Kier alpha value is -4.74. The highest BCUT2D eigenvalue weighted by atomic mass is 35.5. The van der Waals surface area contributed by atoms with Gasteiger partial charge in [0.15, 0.2) is 16.3 Å². The lowest BCUT2D eigenvalue weighted by atomic mass is 9.96. The smallest absolute Gasteiger partial charge is 0.338 e. The minimum atomic E-state index is -0.737. The van der Waals surface area contributed by atoms with Crippen molar-refractivity contribution in [3.8, 4) is 11.5 Å². The molecule has 10 nitrogen and oxygen atoms in total. The molecule has 1 atom stereocenters. The molecule has 12 heteroatoms. The Morgan fingerprint density at radius 1 is 1.05 bits per heavy atom. The molecule has 2 heterocycles. The van der Waals surface area contributed by atoms with Crippen LogP contribution in [0.15, 0.2) is 87.8 Å². The number of benzene rings is 3. The van der Waals surface area contributed by atoms with Crippen molar-refractivity contribution in [1.29, 1.82) is 0 Å². The van der Waals surface area contributed by atoms with Crippen LogP contribution < -0.4 is 24.4 Å². The van der Waals surface area contributed by atoms with Crippen LogP contribution >= 0.6 is 22.9 Å². The number of nitro benzene ring substituents is 1. The number of nitro groups is 1. The molecule has 0 saturated heterocycles. The van der Waals surface area contributed by atoms with Crippen LogP contribution in [0.3, 0.4) is 0 Å². The maximum atomic E-state index is 13.9. The molecule has 4 aromatic rings. The number of thiazole rings is 1. The van der Waals surface area contributed by atoms with Crippen molar-refractivity contribution in [2.45, 2.75) is 33.4 Å². The molecular weight excluding hydrogens is 606 g/mol. The highest BCUT2D eigenvalue weighted by Crippen LogP contribution is 2.32. The van der Waals surface area contributed by atoms with Crippen molar-refractivity contribution in [1.82, 2.24) is 4.57 Å². The van der Waals surface area contributed by atoms with Gasteiger partial charge >= 0.3 is 5.97 Å². The summed E-state index contributed by atoms with van der Waals surface area (Å²) in [6.07, 6.45) is 1.74. The zero-order valence-electron chi connectivity index (χ0n) is 24.1. The average molecular weight is 634 g/mol. The number of carbonyl (C=O) groups excluding carboxylic acids is 1. The van der Waals surface area contributed by atoms with Crippen LogP contribution in [-0.4, -0.2) is 28.7 Å². The maximum absolute atomic E-state index is 13.9. The quantitative estimate of drug-likeness (QED) is 0.131. The largest absolute Gasteiger partial charge is 0.490 e. The van der Waals surface area contributed by atoms with E-state index in [0.717, 1.165) is 5.56 Å². The van der Waals surface area contributed by atoms with Crippen LogP contribution in [0.1, 0.15) is 43.5 Å². The molecule has 3 aromatic carbocycles. The molecule has 0 fully saturated rings. The van der Waals surface area contributed by atoms with E-state index in [9.17, 15) is 19.7 Å². The molecule has 1 aliphatic rings. The van der Waals surface area contributed by atoms with Crippen molar-refractivity contribution >= 4 is 40.7 Å². The van der Waals surface area contributed by atoms with Crippen LogP contribution in [-0.2, 0) is 16.1 Å². The number of fused-ring (bicyclic) bond motifs is 1. The van der Waals surface area contributed by atoms with Gasteiger partial charge in [-0.3, -0.25) is 19.5 Å². The minimum Gasteiger partial charge on any atom is -0.490 e. The van der Waals surface area contributed by atoms with Crippen molar-refractivity contribution in [2.75, 3.05) is 13.2 Å². The third kappa shape index (κ3) is 6.43. The predicted molar refractivity (Wildman–Crippen MR) is 167 cm³/mol. The summed E-state index contributed by atoms with van der Waals surface area (Å²) in [5.41, 5.74) is 2.63.